The van der Waals surface area contributed by atoms with Crippen molar-refractivity contribution < 1.29 is 19.4 Å². The minimum Gasteiger partial charge on any atom is -0.507 e. The Labute approximate surface area is 173 Å². The molecule has 5 nitrogen and oxygen atoms in total. The van der Waals surface area contributed by atoms with Crippen molar-refractivity contribution in [2.75, 3.05) is 13.2 Å². The van der Waals surface area contributed by atoms with Gasteiger partial charge in [-0.3, -0.25) is 9.59 Å². The van der Waals surface area contributed by atoms with Crippen LogP contribution in [0.5, 0.6) is 0 Å². The predicted molar refractivity (Wildman–Crippen MR) is 110 cm³/mol. The molecule has 1 aliphatic heterocycles. The van der Waals surface area contributed by atoms with Gasteiger partial charge in [0.05, 0.1) is 17.7 Å². The molecule has 3 rings (SSSR count). The van der Waals surface area contributed by atoms with Crippen LogP contribution in [-0.4, -0.2) is 41.0 Å². The van der Waals surface area contributed by atoms with E-state index in [9.17, 15) is 14.7 Å². The first-order valence-corrected chi connectivity index (χ1v) is 10.3. The number of hydrogen-bond donors (Lipinski definition) is 1. The van der Waals surface area contributed by atoms with Crippen molar-refractivity contribution in [2.45, 2.75) is 32.4 Å². The molecule has 1 unspecified atom stereocenters. The summed E-state index contributed by atoms with van der Waals surface area (Å²) in [7, 11) is 0. The van der Waals surface area contributed by atoms with Crippen LogP contribution in [0.2, 0.25) is 5.02 Å². The highest BCUT2D eigenvalue weighted by Gasteiger charge is 2.46. The smallest absolute Gasteiger partial charge is 0.295 e. The van der Waals surface area contributed by atoms with E-state index in [1.54, 1.807) is 24.3 Å². The molecule has 7 heteroatoms. The molecule has 148 valence electrons. The summed E-state index contributed by atoms with van der Waals surface area (Å²) >= 11 is 7.36. The highest BCUT2D eigenvalue weighted by atomic mass is 35.5. The maximum atomic E-state index is 12.8. The van der Waals surface area contributed by atoms with Crippen molar-refractivity contribution in [1.82, 2.24) is 4.90 Å². The van der Waals surface area contributed by atoms with Gasteiger partial charge in [-0.05, 0) is 56.0 Å². The number of Topliss-reactive ketones (excluding diaryl/α,β-unsaturated/α-hetero) is 1. The van der Waals surface area contributed by atoms with E-state index >= 15 is 0 Å². The Morgan fingerprint density at radius 2 is 1.96 bits per heavy atom. The van der Waals surface area contributed by atoms with Gasteiger partial charge in [-0.1, -0.05) is 17.7 Å². The van der Waals surface area contributed by atoms with Crippen LogP contribution in [0.1, 0.15) is 36.8 Å². The van der Waals surface area contributed by atoms with Crippen molar-refractivity contribution >= 4 is 40.4 Å². The topological polar surface area (TPSA) is 66.8 Å². The van der Waals surface area contributed by atoms with E-state index in [4.69, 9.17) is 16.3 Å². The first-order valence-electron chi connectivity index (χ1n) is 9.09. The zero-order valence-electron chi connectivity index (χ0n) is 15.7. The Bertz CT molecular complexity index is 874. The number of aliphatic hydroxyl groups excluding tert-OH is 1. The van der Waals surface area contributed by atoms with E-state index < -0.39 is 17.7 Å². The van der Waals surface area contributed by atoms with Gasteiger partial charge in [-0.15, -0.1) is 11.3 Å². The standard InChI is InChI=1S/C21H22ClNO4S/c1-13(2)27-11-4-10-23-18(16-5-3-12-28-16)17(20(25)21(23)26)19(24)14-6-8-15(22)9-7-14/h3,5-9,12-13,18,24H,4,10-11H2,1-2H3/b19-17-. The molecule has 1 saturated heterocycles. The van der Waals surface area contributed by atoms with Crippen molar-refractivity contribution in [3.05, 3.63) is 62.8 Å². The molecule has 1 aliphatic rings. The molecule has 1 aromatic heterocycles. The van der Waals surface area contributed by atoms with Crippen LogP contribution >= 0.6 is 22.9 Å². The summed E-state index contributed by atoms with van der Waals surface area (Å²) in [5, 5.41) is 13.3. The number of ketones is 1. The zero-order valence-corrected chi connectivity index (χ0v) is 17.3. The SMILES string of the molecule is CC(C)OCCCN1C(=O)C(=O)/C(=C(\O)c2ccc(Cl)cc2)C1c1cccs1. The molecule has 2 heterocycles. The minimum absolute atomic E-state index is 0.105. The summed E-state index contributed by atoms with van der Waals surface area (Å²) in [5.74, 6) is -1.46. The fourth-order valence-corrected chi connectivity index (χ4v) is 4.14. The molecular formula is C21H22ClNO4S. The number of rotatable bonds is 7. The summed E-state index contributed by atoms with van der Waals surface area (Å²) in [6.07, 6.45) is 0.710. The average Bonchev–Trinajstić information content (AvgIpc) is 3.27. The molecule has 0 spiro atoms. The van der Waals surface area contributed by atoms with Gasteiger partial charge >= 0.3 is 0 Å². The van der Waals surface area contributed by atoms with E-state index in [0.717, 1.165) is 4.88 Å². The number of thiophene rings is 1. The average molecular weight is 420 g/mol. The van der Waals surface area contributed by atoms with Crippen LogP contribution in [0.25, 0.3) is 5.76 Å². The second-order valence-corrected chi connectivity index (χ2v) is 8.20. The van der Waals surface area contributed by atoms with Crippen LogP contribution in [0, 0.1) is 0 Å². The van der Waals surface area contributed by atoms with Gasteiger partial charge in [-0.2, -0.15) is 0 Å². The van der Waals surface area contributed by atoms with Crippen molar-refractivity contribution in [3.8, 4) is 0 Å². The number of ether oxygens (including phenoxy) is 1. The molecule has 1 amide bonds. The molecule has 1 fully saturated rings. The number of hydrogen-bond acceptors (Lipinski definition) is 5. The molecule has 1 atom stereocenters. The fraction of sp³-hybridized carbons (Fsp3) is 0.333. The van der Waals surface area contributed by atoms with Gasteiger partial charge in [0.15, 0.2) is 0 Å². The van der Waals surface area contributed by atoms with Crippen LogP contribution in [0.3, 0.4) is 0 Å². The quantitative estimate of drug-likeness (QED) is 0.307. The Morgan fingerprint density at radius 1 is 1.25 bits per heavy atom. The Morgan fingerprint density at radius 3 is 2.57 bits per heavy atom. The number of likely N-dealkylation sites (tertiary alicyclic amines) is 1. The van der Waals surface area contributed by atoms with Gasteiger partial charge < -0.3 is 14.7 Å². The lowest BCUT2D eigenvalue weighted by atomic mass is 10.00. The molecule has 2 aromatic rings. The summed E-state index contributed by atoms with van der Waals surface area (Å²) in [6, 6.07) is 9.67. The highest BCUT2D eigenvalue weighted by Crippen LogP contribution is 2.41. The highest BCUT2D eigenvalue weighted by molar-refractivity contribution is 7.10. The van der Waals surface area contributed by atoms with E-state index in [2.05, 4.69) is 0 Å². The normalized spacial score (nSPS) is 19.0. The Hall–Kier alpha value is -2.15. The lowest BCUT2D eigenvalue weighted by Gasteiger charge is -2.24. The van der Waals surface area contributed by atoms with Gasteiger partial charge in [0, 0.05) is 28.6 Å². The van der Waals surface area contributed by atoms with Gasteiger partial charge in [0.2, 0.25) is 0 Å². The van der Waals surface area contributed by atoms with Crippen LogP contribution in [-0.2, 0) is 14.3 Å². The molecule has 0 saturated carbocycles. The summed E-state index contributed by atoms with van der Waals surface area (Å²) in [5.41, 5.74) is 0.562. The summed E-state index contributed by atoms with van der Waals surface area (Å²) in [4.78, 5) is 27.9. The third kappa shape index (κ3) is 4.29. The van der Waals surface area contributed by atoms with E-state index in [1.807, 2.05) is 31.4 Å². The zero-order chi connectivity index (χ0) is 20.3. The number of benzene rings is 1. The number of amides is 1. The second kappa shape index (κ2) is 8.90. The first-order chi connectivity index (χ1) is 13.4. The lowest BCUT2D eigenvalue weighted by molar-refractivity contribution is -0.140. The van der Waals surface area contributed by atoms with Gasteiger partial charge in [0.1, 0.15) is 5.76 Å². The lowest BCUT2D eigenvalue weighted by Crippen LogP contribution is -2.31. The van der Waals surface area contributed by atoms with E-state index in [-0.39, 0.29) is 17.4 Å². The monoisotopic (exact) mass is 419 g/mol. The molecule has 0 aliphatic carbocycles. The van der Waals surface area contributed by atoms with Crippen molar-refractivity contribution in [1.29, 1.82) is 0 Å². The summed E-state index contributed by atoms with van der Waals surface area (Å²) < 4.78 is 5.55. The number of aliphatic hydroxyl groups is 1. The second-order valence-electron chi connectivity index (χ2n) is 6.79. The van der Waals surface area contributed by atoms with E-state index in [0.29, 0.717) is 30.2 Å². The first kappa shape index (κ1) is 20.6. The van der Waals surface area contributed by atoms with Crippen molar-refractivity contribution in [2.24, 2.45) is 0 Å². The third-order valence-electron chi connectivity index (χ3n) is 4.46. The Balaban J connectivity index is 1.96. The molecule has 1 N–H and O–H groups in total. The molecule has 0 radical (unpaired) electrons. The molecule has 0 bridgehead atoms. The Kier molecular flexibility index (Phi) is 6.54. The maximum absolute atomic E-state index is 12.8. The molecule has 28 heavy (non-hydrogen) atoms. The number of carbonyl (C=O) groups excluding carboxylic acids is 2. The van der Waals surface area contributed by atoms with Crippen molar-refractivity contribution in [3.63, 3.8) is 0 Å². The largest absolute Gasteiger partial charge is 0.507 e. The van der Waals surface area contributed by atoms with Crippen LogP contribution in [0.15, 0.2) is 47.4 Å². The third-order valence-corrected chi connectivity index (χ3v) is 5.64. The van der Waals surface area contributed by atoms with Gasteiger partial charge in [-0.25, -0.2) is 0 Å². The number of nitrogens with zero attached hydrogens (tertiary/aromatic N) is 1. The minimum atomic E-state index is -0.671. The van der Waals surface area contributed by atoms with Crippen LogP contribution in [0.4, 0.5) is 0 Å². The van der Waals surface area contributed by atoms with Crippen LogP contribution < -0.4 is 0 Å². The fourth-order valence-electron chi connectivity index (χ4n) is 3.17. The van der Waals surface area contributed by atoms with E-state index in [1.165, 1.54) is 16.2 Å². The molecule has 1 aromatic carbocycles. The molecular weight excluding hydrogens is 398 g/mol. The summed E-state index contributed by atoms with van der Waals surface area (Å²) in [6.45, 7) is 4.76. The number of halogens is 1. The number of carbonyl (C=O) groups is 2. The maximum Gasteiger partial charge on any atom is 0.295 e. The van der Waals surface area contributed by atoms with Gasteiger partial charge in [0.25, 0.3) is 11.7 Å². The predicted octanol–water partition coefficient (Wildman–Crippen LogP) is 4.64.